The van der Waals surface area contributed by atoms with E-state index in [1.807, 2.05) is 6.07 Å². The Bertz CT molecular complexity index is 730. The molecule has 0 aliphatic carbocycles. The van der Waals surface area contributed by atoms with Crippen LogP contribution in [0.3, 0.4) is 0 Å². The molecule has 0 saturated carbocycles. The van der Waals surface area contributed by atoms with E-state index in [0.717, 1.165) is 5.69 Å². The standard InChI is InChI=1S/C14H11N5OS/c20-12(19-14-17-7-8-21-14)10-3-1-4-11(9-10)18-13-15-5-2-6-16-13/h1-9H,(H,15,16,18)(H,17,19,20). The normalized spacial score (nSPS) is 10.1. The quantitative estimate of drug-likeness (QED) is 0.774. The van der Waals surface area contributed by atoms with Crippen LogP contribution in [0.25, 0.3) is 0 Å². The summed E-state index contributed by atoms with van der Waals surface area (Å²) in [5, 5.41) is 8.16. The van der Waals surface area contributed by atoms with Crippen LogP contribution in [0.15, 0.2) is 54.3 Å². The van der Waals surface area contributed by atoms with Crippen molar-refractivity contribution in [2.45, 2.75) is 0 Å². The van der Waals surface area contributed by atoms with Crippen molar-refractivity contribution >= 4 is 34.0 Å². The Morgan fingerprint density at radius 2 is 1.90 bits per heavy atom. The van der Waals surface area contributed by atoms with Crippen LogP contribution in [0.2, 0.25) is 0 Å². The van der Waals surface area contributed by atoms with Gasteiger partial charge in [-0.2, -0.15) is 0 Å². The topological polar surface area (TPSA) is 79.8 Å². The van der Waals surface area contributed by atoms with Crippen LogP contribution in [0.1, 0.15) is 10.4 Å². The summed E-state index contributed by atoms with van der Waals surface area (Å²) in [4.78, 5) is 24.3. The lowest BCUT2D eigenvalue weighted by molar-refractivity contribution is 0.102. The molecule has 0 bridgehead atoms. The minimum Gasteiger partial charge on any atom is -0.324 e. The maximum Gasteiger partial charge on any atom is 0.257 e. The Hall–Kier alpha value is -2.80. The van der Waals surface area contributed by atoms with Gasteiger partial charge in [0.2, 0.25) is 5.95 Å². The molecule has 2 N–H and O–H groups in total. The number of hydrogen-bond donors (Lipinski definition) is 2. The highest BCUT2D eigenvalue weighted by atomic mass is 32.1. The second-order valence-corrected chi connectivity index (χ2v) is 4.96. The molecule has 1 aromatic carbocycles. The van der Waals surface area contributed by atoms with Gasteiger partial charge >= 0.3 is 0 Å². The number of amides is 1. The number of rotatable bonds is 4. The smallest absolute Gasteiger partial charge is 0.257 e. The first-order chi connectivity index (χ1) is 10.3. The highest BCUT2D eigenvalue weighted by Crippen LogP contribution is 2.16. The van der Waals surface area contributed by atoms with Gasteiger partial charge in [0.1, 0.15) is 0 Å². The van der Waals surface area contributed by atoms with Gasteiger partial charge in [0.05, 0.1) is 0 Å². The average molecular weight is 297 g/mol. The predicted molar refractivity (Wildman–Crippen MR) is 81.8 cm³/mol. The van der Waals surface area contributed by atoms with Gasteiger partial charge in [-0.3, -0.25) is 10.1 Å². The summed E-state index contributed by atoms with van der Waals surface area (Å²) in [5.41, 5.74) is 1.28. The van der Waals surface area contributed by atoms with Gasteiger partial charge in [-0.1, -0.05) is 6.07 Å². The maximum absolute atomic E-state index is 12.1. The third-order valence-electron chi connectivity index (χ3n) is 2.60. The molecule has 0 atom stereocenters. The van der Waals surface area contributed by atoms with Gasteiger partial charge in [0.15, 0.2) is 5.13 Å². The van der Waals surface area contributed by atoms with Gasteiger partial charge in [-0.25, -0.2) is 15.0 Å². The van der Waals surface area contributed by atoms with E-state index in [1.165, 1.54) is 11.3 Å². The predicted octanol–water partition coefficient (Wildman–Crippen LogP) is 2.93. The van der Waals surface area contributed by atoms with Crippen molar-refractivity contribution in [3.05, 3.63) is 59.9 Å². The summed E-state index contributed by atoms with van der Waals surface area (Å²) in [6.07, 6.45) is 4.94. The summed E-state index contributed by atoms with van der Waals surface area (Å²) in [7, 11) is 0. The summed E-state index contributed by atoms with van der Waals surface area (Å²) >= 11 is 1.37. The first kappa shape index (κ1) is 13.2. The molecule has 0 aliphatic heterocycles. The molecular formula is C14H11N5OS. The fraction of sp³-hybridized carbons (Fsp3) is 0. The van der Waals surface area contributed by atoms with Crippen molar-refractivity contribution in [3.63, 3.8) is 0 Å². The molecule has 3 rings (SSSR count). The molecule has 2 heterocycles. The lowest BCUT2D eigenvalue weighted by Gasteiger charge is -2.06. The van der Waals surface area contributed by atoms with E-state index in [0.29, 0.717) is 16.6 Å². The SMILES string of the molecule is O=C(Nc1nccs1)c1cccc(Nc2ncccn2)c1. The van der Waals surface area contributed by atoms with E-state index in [1.54, 1.807) is 48.2 Å². The molecule has 104 valence electrons. The van der Waals surface area contributed by atoms with E-state index in [9.17, 15) is 4.79 Å². The average Bonchev–Trinajstić information content (AvgIpc) is 3.01. The summed E-state index contributed by atoms with van der Waals surface area (Å²) in [6, 6.07) is 8.85. The third-order valence-corrected chi connectivity index (χ3v) is 3.29. The number of nitrogens with zero attached hydrogens (tertiary/aromatic N) is 3. The van der Waals surface area contributed by atoms with Crippen LogP contribution in [0, 0.1) is 0 Å². The zero-order chi connectivity index (χ0) is 14.5. The van der Waals surface area contributed by atoms with E-state index in [-0.39, 0.29) is 5.91 Å². The molecule has 0 saturated heterocycles. The minimum absolute atomic E-state index is 0.206. The van der Waals surface area contributed by atoms with Crippen molar-refractivity contribution in [3.8, 4) is 0 Å². The Kier molecular flexibility index (Phi) is 3.83. The Labute approximate surface area is 124 Å². The molecule has 7 heteroatoms. The number of hydrogen-bond acceptors (Lipinski definition) is 6. The second-order valence-electron chi connectivity index (χ2n) is 4.07. The number of aromatic nitrogens is 3. The highest BCUT2D eigenvalue weighted by Gasteiger charge is 2.08. The van der Waals surface area contributed by atoms with E-state index in [2.05, 4.69) is 25.6 Å². The summed E-state index contributed by atoms with van der Waals surface area (Å²) < 4.78 is 0. The minimum atomic E-state index is -0.206. The van der Waals surface area contributed by atoms with E-state index >= 15 is 0 Å². The Balaban J connectivity index is 1.75. The molecule has 0 fully saturated rings. The van der Waals surface area contributed by atoms with Crippen LogP contribution in [-0.4, -0.2) is 20.9 Å². The highest BCUT2D eigenvalue weighted by molar-refractivity contribution is 7.13. The molecule has 0 unspecified atom stereocenters. The molecule has 3 aromatic rings. The zero-order valence-corrected chi connectivity index (χ0v) is 11.7. The lowest BCUT2D eigenvalue weighted by Crippen LogP contribution is -2.11. The monoisotopic (exact) mass is 297 g/mol. The Morgan fingerprint density at radius 1 is 1.05 bits per heavy atom. The fourth-order valence-electron chi connectivity index (χ4n) is 1.69. The van der Waals surface area contributed by atoms with Crippen molar-refractivity contribution in [2.75, 3.05) is 10.6 Å². The molecule has 21 heavy (non-hydrogen) atoms. The fourth-order valence-corrected chi connectivity index (χ4v) is 2.21. The van der Waals surface area contributed by atoms with Crippen LogP contribution in [0.4, 0.5) is 16.8 Å². The molecule has 6 nitrogen and oxygen atoms in total. The molecular weight excluding hydrogens is 286 g/mol. The van der Waals surface area contributed by atoms with Gasteiger partial charge in [0.25, 0.3) is 5.91 Å². The van der Waals surface area contributed by atoms with E-state index in [4.69, 9.17) is 0 Å². The number of carbonyl (C=O) groups excluding carboxylic acids is 1. The number of thiazole rings is 1. The number of anilines is 3. The van der Waals surface area contributed by atoms with Crippen molar-refractivity contribution in [1.82, 2.24) is 15.0 Å². The van der Waals surface area contributed by atoms with Crippen molar-refractivity contribution in [2.24, 2.45) is 0 Å². The Morgan fingerprint density at radius 3 is 2.67 bits per heavy atom. The molecule has 0 radical (unpaired) electrons. The van der Waals surface area contributed by atoms with Crippen molar-refractivity contribution < 1.29 is 4.79 Å². The molecule has 0 aliphatic rings. The summed E-state index contributed by atoms with van der Waals surface area (Å²) in [5.74, 6) is 0.276. The van der Waals surface area contributed by atoms with E-state index < -0.39 is 0 Å². The third kappa shape index (κ3) is 3.40. The zero-order valence-electron chi connectivity index (χ0n) is 10.9. The second kappa shape index (κ2) is 6.10. The largest absolute Gasteiger partial charge is 0.324 e. The summed E-state index contributed by atoms with van der Waals surface area (Å²) in [6.45, 7) is 0. The molecule has 0 spiro atoms. The number of benzene rings is 1. The van der Waals surface area contributed by atoms with Gasteiger partial charge in [-0.05, 0) is 24.3 Å². The molecule has 2 aromatic heterocycles. The van der Waals surface area contributed by atoms with Crippen LogP contribution < -0.4 is 10.6 Å². The maximum atomic E-state index is 12.1. The van der Waals surface area contributed by atoms with Gasteiger partial charge < -0.3 is 5.32 Å². The van der Waals surface area contributed by atoms with Crippen LogP contribution >= 0.6 is 11.3 Å². The van der Waals surface area contributed by atoms with Crippen LogP contribution in [0.5, 0.6) is 0 Å². The first-order valence-corrected chi connectivity index (χ1v) is 7.04. The molecule has 1 amide bonds. The van der Waals surface area contributed by atoms with Crippen LogP contribution in [-0.2, 0) is 0 Å². The van der Waals surface area contributed by atoms with Gasteiger partial charge in [-0.15, -0.1) is 11.3 Å². The lowest BCUT2D eigenvalue weighted by atomic mass is 10.2. The number of nitrogens with one attached hydrogen (secondary N) is 2. The number of carbonyl (C=O) groups is 1. The van der Waals surface area contributed by atoms with Gasteiger partial charge in [0, 0.05) is 35.2 Å². The van der Waals surface area contributed by atoms with Crippen molar-refractivity contribution in [1.29, 1.82) is 0 Å². The first-order valence-electron chi connectivity index (χ1n) is 6.16.